The van der Waals surface area contributed by atoms with Crippen LogP contribution in [0.15, 0.2) is 24.3 Å². The van der Waals surface area contributed by atoms with Crippen LogP contribution >= 0.6 is 24.8 Å². The number of halogens is 5. The average Bonchev–Trinajstić information content (AvgIpc) is 2.37. The number of rotatable bonds is 3. The van der Waals surface area contributed by atoms with Crippen molar-refractivity contribution in [3.8, 4) is 5.75 Å². The van der Waals surface area contributed by atoms with Gasteiger partial charge in [-0.05, 0) is 19.1 Å². The molecule has 1 aliphatic rings. The van der Waals surface area contributed by atoms with Crippen LogP contribution in [0.2, 0.25) is 0 Å². The lowest BCUT2D eigenvalue weighted by atomic mass is 10.1. The van der Waals surface area contributed by atoms with Crippen LogP contribution in [0.25, 0.3) is 0 Å². The third-order valence-corrected chi connectivity index (χ3v) is 3.07. The Balaban J connectivity index is 0.00000200. The van der Waals surface area contributed by atoms with E-state index >= 15 is 0 Å². The highest BCUT2D eigenvalue weighted by atomic mass is 35.5. The molecule has 1 aromatic rings. The molecule has 0 aliphatic carbocycles. The summed E-state index contributed by atoms with van der Waals surface area (Å²) in [6, 6.07) is 7.10. The smallest absolute Gasteiger partial charge is 0.422 e. The summed E-state index contributed by atoms with van der Waals surface area (Å²) in [6.45, 7) is 3.16. The molecule has 1 aromatic carbocycles. The van der Waals surface area contributed by atoms with Crippen LogP contribution in [0.1, 0.15) is 6.92 Å². The summed E-state index contributed by atoms with van der Waals surface area (Å²) in [5, 5.41) is 3.25. The monoisotopic (exact) mass is 346 g/mol. The second kappa shape index (κ2) is 8.56. The Bertz CT molecular complexity index is 432. The van der Waals surface area contributed by atoms with Gasteiger partial charge in [0.15, 0.2) is 6.61 Å². The Morgan fingerprint density at radius 1 is 1.29 bits per heavy atom. The van der Waals surface area contributed by atoms with E-state index in [1.807, 2.05) is 13.0 Å². The van der Waals surface area contributed by atoms with Crippen LogP contribution in [0.4, 0.5) is 18.9 Å². The van der Waals surface area contributed by atoms with Gasteiger partial charge in [-0.25, -0.2) is 0 Å². The molecule has 3 nitrogen and oxygen atoms in total. The van der Waals surface area contributed by atoms with E-state index in [4.69, 9.17) is 4.74 Å². The third-order valence-electron chi connectivity index (χ3n) is 3.07. The summed E-state index contributed by atoms with van der Waals surface area (Å²) in [4.78, 5) is 2.07. The van der Waals surface area contributed by atoms with E-state index in [0.717, 1.165) is 25.3 Å². The Morgan fingerprint density at radius 2 is 1.95 bits per heavy atom. The summed E-state index contributed by atoms with van der Waals surface area (Å²) < 4.78 is 41.6. The molecule has 0 bridgehead atoms. The van der Waals surface area contributed by atoms with Crippen molar-refractivity contribution in [2.45, 2.75) is 19.1 Å². The van der Waals surface area contributed by atoms with Gasteiger partial charge in [-0.2, -0.15) is 13.2 Å². The van der Waals surface area contributed by atoms with Crippen LogP contribution in [0.5, 0.6) is 5.75 Å². The van der Waals surface area contributed by atoms with Gasteiger partial charge in [-0.15, -0.1) is 24.8 Å². The van der Waals surface area contributed by atoms with Crippen molar-refractivity contribution in [3.05, 3.63) is 24.3 Å². The minimum absolute atomic E-state index is 0. The van der Waals surface area contributed by atoms with Crippen LogP contribution in [-0.4, -0.2) is 38.5 Å². The maximum Gasteiger partial charge on any atom is 0.422 e. The first kappa shape index (κ1) is 20.1. The molecule has 122 valence electrons. The fourth-order valence-corrected chi connectivity index (χ4v) is 2.18. The molecule has 0 spiro atoms. The summed E-state index contributed by atoms with van der Waals surface area (Å²) >= 11 is 0. The zero-order valence-electron chi connectivity index (χ0n) is 11.5. The van der Waals surface area contributed by atoms with Crippen molar-refractivity contribution in [2.24, 2.45) is 0 Å². The van der Waals surface area contributed by atoms with Gasteiger partial charge in [0.25, 0.3) is 0 Å². The number of hydrogen-bond acceptors (Lipinski definition) is 3. The molecule has 0 unspecified atom stereocenters. The van der Waals surface area contributed by atoms with Gasteiger partial charge >= 0.3 is 6.18 Å². The number of nitrogens with zero attached hydrogens (tertiary/aromatic N) is 1. The van der Waals surface area contributed by atoms with Gasteiger partial charge in [0.05, 0.1) is 5.69 Å². The second-order valence-corrected chi connectivity index (χ2v) is 4.62. The number of para-hydroxylation sites is 2. The number of nitrogens with one attached hydrogen (secondary N) is 1. The lowest BCUT2D eigenvalue weighted by Gasteiger charge is -2.36. The van der Waals surface area contributed by atoms with Crippen LogP contribution in [0, 0.1) is 0 Å². The lowest BCUT2D eigenvalue weighted by Crippen LogP contribution is -2.50. The predicted octanol–water partition coefficient (Wildman–Crippen LogP) is 3.27. The van der Waals surface area contributed by atoms with E-state index in [2.05, 4.69) is 10.2 Å². The van der Waals surface area contributed by atoms with E-state index in [1.54, 1.807) is 18.2 Å². The van der Waals surface area contributed by atoms with E-state index in [0.29, 0.717) is 0 Å². The maximum atomic E-state index is 12.2. The number of anilines is 1. The molecular weight excluding hydrogens is 328 g/mol. The van der Waals surface area contributed by atoms with Gasteiger partial charge in [0.2, 0.25) is 0 Å². The van der Waals surface area contributed by atoms with Crippen molar-refractivity contribution < 1.29 is 17.9 Å². The van der Waals surface area contributed by atoms with Gasteiger partial charge in [0, 0.05) is 25.7 Å². The highest BCUT2D eigenvalue weighted by molar-refractivity contribution is 5.85. The molecule has 1 aliphatic heterocycles. The van der Waals surface area contributed by atoms with Crippen LogP contribution < -0.4 is 15.0 Å². The zero-order valence-corrected chi connectivity index (χ0v) is 13.2. The Labute approximate surface area is 134 Å². The van der Waals surface area contributed by atoms with Crippen molar-refractivity contribution in [1.82, 2.24) is 5.32 Å². The van der Waals surface area contributed by atoms with Crippen LogP contribution in [-0.2, 0) is 0 Å². The number of piperazine rings is 1. The molecule has 1 N–H and O–H groups in total. The first-order valence-corrected chi connectivity index (χ1v) is 6.23. The van der Waals surface area contributed by atoms with Gasteiger partial charge in [-0.3, -0.25) is 0 Å². The number of ether oxygens (including phenoxy) is 1. The van der Waals surface area contributed by atoms with E-state index in [9.17, 15) is 13.2 Å². The Hall–Kier alpha value is -0.850. The predicted molar refractivity (Wildman–Crippen MR) is 82.2 cm³/mol. The Kier molecular flexibility index (Phi) is 8.21. The first-order valence-electron chi connectivity index (χ1n) is 6.23. The van der Waals surface area contributed by atoms with Gasteiger partial charge < -0.3 is 15.0 Å². The summed E-state index contributed by atoms with van der Waals surface area (Å²) in [5.41, 5.74) is 0.723. The summed E-state index contributed by atoms with van der Waals surface area (Å²) in [5.74, 6) is 0.286. The molecule has 8 heteroatoms. The van der Waals surface area contributed by atoms with E-state index in [-0.39, 0.29) is 36.6 Å². The minimum Gasteiger partial charge on any atom is -0.482 e. The molecule has 0 aromatic heterocycles. The molecule has 0 amide bonds. The molecule has 21 heavy (non-hydrogen) atoms. The van der Waals surface area contributed by atoms with Crippen molar-refractivity contribution in [2.75, 3.05) is 31.1 Å². The molecule has 1 heterocycles. The lowest BCUT2D eigenvalue weighted by molar-refractivity contribution is -0.153. The largest absolute Gasteiger partial charge is 0.482 e. The molecule has 0 radical (unpaired) electrons. The highest BCUT2D eigenvalue weighted by Crippen LogP contribution is 2.31. The second-order valence-electron chi connectivity index (χ2n) is 4.62. The van der Waals surface area contributed by atoms with E-state index < -0.39 is 12.8 Å². The summed E-state index contributed by atoms with van der Waals surface area (Å²) in [6.07, 6.45) is -4.32. The highest BCUT2D eigenvalue weighted by Gasteiger charge is 2.29. The third kappa shape index (κ3) is 5.80. The fourth-order valence-electron chi connectivity index (χ4n) is 2.18. The molecular formula is C13H19Cl2F3N2O. The topological polar surface area (TPSA) is 24.5 Å². The molecule has 2 rings (SSSR count). The molecule has 1 saturated heterocycles. The van der Waals surface area contributed by atoms with Crippen molar-refractivity contribution >= 4 is 30.5 Å². The maximum absolute atomic E-state index is 12.2. The van der Waals surface area contributed by atoms with Crippen molar-refractivity contribution in [1.29, 1.82) is 0 Å². The molecule has 1 fully saturated rings. The van der Waals surface area contributed by atoms with Crippen LogP contribution in [0.3, 0.4) is 0 Å². The van der Waals surface area contributed by atoms with E-state index in [1.165, 1.54) is 0 Å². The normalized spacial score (nSPS) is 18.5. The standard InChI is InChI=1S/C13H17F3N2O.2ClH/c1-10-8-17-6-7-18(10)11-4-2-3-5-12(11)19-9-13(14,15)16;;/h2-5,10,17H,6-9H2,1H3;2*1H/t10-;;/m1../s1. The average molecular weight is 347 g/mol. The first-order chi connectivity index (χ1) is 8.97. The number of alkyl halides is 3. The fraction of sp³-hybridized carbons (Fsp3) is 0.538. The van der Waals surface area contributed by atoms with Crippen molar-refractivity contribution in [3.63, 3.8) is 0 Å². The SMILES string of the molecule is C[C@@H]1CNCCN1c1ccccc1OCC(F)(F)F.Cl.Cl. The van der Waals surface area contributed by atoms with Gasteiger partial charge in [0.1, 0.15) is 5.75 Å². The number of benzene rings is 1. The zero-order chi connectivity index (χ0) is 13.9. The molecule has 1 atom stereocenters. The molecule has 0 saturated carbocycles. The summed E-state index contributed by atoms with van der Waals surface area (Å²) in [7, 11) is 0. The van der Waals surface area contributed by atoms with Gasteiger partial charge in [-0.1, -0.05) is 12.1 Å². The Morgan fingerprint density at radius 3 is 2.57 bits per heavy atom. The number of hydrogen-bond donors (Lipinski definition) is 1. The minimum atomic E-state index is -4.32. The quantitative estimate of drug-likeness (QED) is 0.908.